The van der Waals surface area contributed by atoms with Crippen molar-refractivity contribution in [3.8, 4) is 11.1 Å². The number of aromatic nitrogens is 3. The van der Waals surface area contributed by atoms with Gasteiger partial charge in [0.2, 0.25) is 0 Å². The molecule has 8 heteroatoms. The minimum Gasteiger partial charge on any atom is -0.319 e. The van der Waals surface area contributed by atoms with Crippen LogP contribution in [0.15, 0.2) is 54.9 Å². The topological polar surface area (TPSA) is 70.7 Å². The number of nitrogens with zero attached hydrogens (tertiary/aromatic N) is 2. The molecule has 0 atom stereocenters. The molecule has 27 heavy (non-hydrogen) atoms. The third-order valence-corrected chi connectivity index (χ3v) is 4.00. The first kappa shape index (κ1) is 16.8. The van der Waals surface area contributed by atoms with Crippen LogP contribution in [-0.2, 0) is 0 Å². The van der Waals surface area contributed by atoms with Gasteiger partial charge in [-0.3, -0.25) is 14.9 Å². The van der Waals surface area contributed by atoms with Gasteiger partial charge in [0.05, 0.1) is 23.6 Å². The molecule has 2 aromatic heterocycles. The Morgan fingerprint density at radius 1 is 1.04 bits per heavy atom. The summed E-state index contributed by atoms with van der Waals surface area (Å²) >= 11 is 0. The zero-order valence-corrected chi connectivity index (χ0v) is 13.6. The van der Waals surface area contributed by atoms with Gasteiger partial charge in [-0.15, -0.1) is 0 Å². The number of pyridine rings is 1. The lowest BCUT2D eigenvalue weighted by atomic mass is 10.0. The number of fused-ring (bicyclic) bond motifs is 1. The molecule has 5 nitrogen and oxygen atoms in total. The molecular formula is C19H11F3N4O. The Labute approximate surface area is 150 Å². The second kappa shape index (κ2) is 6.56. The first-order valence-electron chi connectivity index (χ1n) is 7.87. The van der Waals surface area contributed by atoms with Gasteiger partial charge in [-0.2, -0.15) is 5.10 Å². The average molecular weight is 368 g/mol. The summed E-state index contributed by atoms with van der Waals surface area (Å²) in [4.78, 5) is 16.1. The van der Waals surface area contributed by atoms with Crippen LogP contribution in [0, 0.1) is 17.5 Å². The molecule has 0 spiro atoms. The van der Waals surface area contributed by atoms with Gasteiger partial charge in [-0.1, -0.05) is 18.2 Å². The van der Waals surface area contributed by atoms with Crippen LogP contribution in [0.25, 0.3) is 22.0 Å². The molecule has 1 amide bonds. The van der Waals surface area contributed by atoms with Crippen LogP contribution < -0.4 is 5.32 Å². The van der Waals surface area contributed by atoms with Gasteiger partial charge in [0.1, 0.15) is 5.82 Å². The van der Waals surface area contributed by atoms with Crippen LogP contribution in [0.1, 0.15) is 10.5 Å². The van der Waals surface area contributed by atoms with Crippen LogP contribution in [-0.4, -0.2) is 21.1 Å². The molecule has 0 saturated heterocycles. The fraction of sp³-hybridized carbons (Fsp3) is 0. The molecule has 0 saturated carbocycles. The Kier molecular flexibility index (Phi) is 4.08. The highest BCUT2D eigenvalue weighted by atomic mass is 19.2. The van der Waals surface area contributed by atoms with E-state index in [0.29, 0.717) is 16.5 Å². The summed E-state index contributed by atoms with van der Waals surface area (Å²) in [5.41, 5.74) is 1.20. The Morgan fingerprint density at radius 3 is 2.70 bits per heavy atom. The van der Waals surface area contributed by atoms with E-state index in [1.807, 2.05) is 0 Å². The largest absolute Gasteiger partial charge is 0.319 e. The molecule has 134 valence electrons. The maximum atomic E-state index is 14.1. The Bertz CT molecular complexity index is 1170. The van der Waals surface area contributed by atoms with Crippen molar-refractivity contribution < 1.29 is 18.0 Å². The molecular weight excluding hydrogens is 357 g/mol. The predicted octanol–water partition coefficient (Wildman–Crippen LogP) is 4.29. The van der Waals surface area contributed by atoms with Crippen molar-refractivity contribution in [3.05, 3.63) is 78.0 Å². The number of benzene rings is 2. The van der Waals surface area contributed by atoms with Gasteiger partial charge in [-0.05, 0) is 23.8 Å². The van der Waals surface area contributed by atoms with Crippen molar-refractivity contribution in [3.63, 3.8) is 0 Å². The molecule has 0 bridgehead atoms. The number of H-pyrrole nitrogens is 1. The van der Waals surface area contributed by atoms with Crippen LogP contribution >= 0.6 is 0 Å². The van der Waals surface area contributed by atoms with Crippen LogP contribution in [0.4, 0.5) is 18.9 Å². The second-order valence-electron chi connectivity index (χ2n) is 5.78. The molecule has 4 aromatic rings. The van der Waals surface area contributed by atoms with Crippen LogP contribution in [0.5, 0.6) is 0 Å². The molecule has 0 aliphatic carbocycles. The van der Waals surface area contributed by atoms with Crippen molar-refractivity contribution in [1.82, 2.24) is 15.2 Å². The first-order valence-corrected chi connectivity index (χ1v) is 7.87. The summed E-state index contributed by atoms with van der Waals surface area (Å²) in [5, 5.41) is 9.59. The highest BCUT2D eigenvalue weighted by Crippen LogP contribution is 2.28. The van der Waals surface area contributed by atoms with Crippen molar-refractivity contribution in [2.45, 2.75) is 0 Å². The van der Waals surface area contributed by atoms with Crippen LogP contribution in [0.3, 0.4) is 0 Å². The maximum absolute atomic E-state index is 14.1. The highest BCUT2D eigenvalue weighted by molar-refractivity contribution is 6.11. The number of halogens is 3. The van der Waals surface area contributed by atoms with E-state index in [9.17, 15) is 18.0 Å². The molecule has 0 aliphatic rings. The highest BCUT2D eigenvalue weighted by Gasteiger charge is 2.17. The van der Waals surface area contributed by atoms with Gasteiger partial charge in [0.25, 0.3) is 5.91 Å². The number of rotatable bonds is 3. The van der Waals surface area contributed by atoms with Gasteiger partial charge in [-0.25, -0.2) is 13.2 Å². The number of carbonyl (C=O) groups excluding carboxylic acids is 1. The van der Waals surface area contributed by atoms with Crippen molar-refractivity contribution in [2.75, 3.05) is 5.32 Å². The Morgan fingerprint density at radius 2 is 1.89 bits per heavy atom. The third kappa shape index (κ3) is 3.12. The van der Waals surface area contributed by atoms with E-state index in [0.717, 1.165) is 18.3 Å². The molecule has 0 aliphatic heterocycles. The summed E-state index contributed by atoms with van der Waals surface area (Å²) < 4.78 is 40.8. The van der Waals surface area contributed by atoms with Gasteiger partial charge in [0, 0.05) is 17.0 Å². The number of nitrogens with one attached hydrogen (secondary N) is 2. The Hall–Kier alpha value is -3.68. The number of aromatic amines is 1. The van der Waals surface area contributed by atoms with Crippen molar-refractivity contribution in [1.29, 1.82) is 0 Å². The van der Waals surface area contributed by atoms with E-state index in [2.05, 4.69) is 20.5 Å². The normalized spacial score (nSPS) is 10.9. The van der Waals surface area contributed by atoms with Crippen molar-refractivity contribution in [2.24, 2.45) is 0 Å². The lowest BCUT2D eigenvalue weighted by molar-refractivity contribution is 0.102. The fourth-order valence-electron chi connectivity index (χ4n) is 2.75. The fourth-order valence-corrected chi connectivity index (χ4v) is 2.75. The van der Waals surface area contributed by atoms with Gasteiger partial charge in [0.15, 0.2) is 17.3 Å². The van der Waals surface area contributed by atoms with E-state index in [4.69, 9.17) is 0 Å². The number of hydrogen-bond acceptors (Lipinski definition) is 3. The summed E-state index contributed by atoms with van der Waals surface area (Å²) in [7, 11) is 0. The first-order chi connectivity index (χ1) is 13.0. The zero-order chi connectivity index (χ0) is 19.0. The van der Waals surface area contributed by atoms with E-state index in [1.165, 1.54) is 24.4 Å². The smallest absolute Gasteiger partial charge is 0.276 e. The summed E-state index contributed by atoms with van der Waals surface area (Å²) in [5.74, 6) is -3.12. The molecule has 0 fully saturated rings. The zero-order valence-electron chi connectivity index (χ0n) is 13.6. The standard InChI is InChI=1S/C19H11F3N4O/c20-11-7-12(9-23-8-11)24-19(27)18-14-6-10(4-5-16(14)25-26-18)13-2-1-3-15(21)17(13)22/h1-9H,(H,24,27)(H,25,26). The number of amides is 1. The summed E-state index contributed by atoms with van der Waals surface area (Å²) in [6, 6.07) is 9.73. The monoisotopic (exact) mass is 368 g/mol. The van der Waals surface area contributed by atoms with Gasteiger partial charge >= 0.3 is 0 Å². The summed E-state index contributed by atoms with van der Waals surface area (Å²) in [6.45, 7) is 0. The van der Waals surface area contributed by atoms with Crippen LogP contribution in [0.2, 0.25) is 0 Å². The van der Waals surface area contributed by atoms with E-state index in [-0.39, 0.29) is 16.9 Å². The molecule has 2 heterocycles. The number of hydrogen-bond donors (Lipinski definition) is 2. The molecule has 2 N–H and O–H groups in total. The third-order valence-electron chi connectivity index (χ3n) is 4.00. The van der Waals surface area contributed by atoms with Gasteiger partial charge < -0.3 is 5.32 Å². The lowest BCUT2D eigenvalue weighted by Crippen LogP contribution is -2.13. The van der Waals surface area contributed by atoms with Crippen molar-refractivity contribution >= 4 is 22.5 Å². The van der Waals surface area contributed by atoms with E-state index in [1.54, 1.807) is 12.1 Å². The Balaban J connectivity index is 1.74. The molecule has 0 radical (unpaired) electrons. The maximum Gasteiger partial charge on any atom is 0.276 e. The summed E-state index contributed by atoms with van der Waals surface area (Å²) in [6.07, 6.45) is 2.31. The SMILES string of the molecule is O=C(Nc1cncc(F)c1)c1n[nH]c2ccc(-c3cccc(F)c3F)cc12. The molecule has 4 rings (SSSR count). The van der Waals surface area contributed by atoms with E-state index < -0.39 is 23.4 Å². The minimum absolute atomic E-state index is 0.0351. The number of carbonyl (C=O) groups is 1. The second-order valence-corrected chi connectivity index (χ2v) is 5.78. The minimum atomic E-state index is -0.975. The van der Waals surface area contributed by atoms with E-state index >= 15 is 0 Å². The lowest BCUT2D eigenvalue weighted by Gasteiger charge is -2.06. The molecule has 2 aromatic carbocycles. The molecule has 0 unspecified atom stereocenters. The quantitative estimate of drug-likeness (QED) is 0.567. The predicted molar refractivity (Wildman–Crippen MR) is 93.6 cm³/mol. The number of anilines is 1. The average Bonchev–Trinajstić information content (AvgIpc) is 3.07.